The van der Waals surface area contributed by atoms with Crippen LogP contribution in [0.3, 0.4) is 0 Å². The van der Waals surface area contributed by atoms with E-state index in [0.29, 0.717) is 17.2 Å². The maximum absolute atomic E-state index is 11.5. The van der Waals surface area contributed by atoms with Crippen LogP contribution in [-0.2, 0) is 4.79 Å². The Labute approximate surface area is 182 Å². The highest BCUT2D eigenvalue weighted by atomic mass is 16.6. The van der Waals surface area contributed by atoms with Crippen molar-refractivity contribution in [2.24, 2.45) is 0 Å². The first-order valence-electron chi connectivity index (χ1n) is 9.05. The number of hydrogen-bond donors (Lipinski definition) is 2. The number of methoxy groups -OCH3 is 4. The summed E-state index contributed by atoms with van der Waals surface area (Å²) < 4.78 is 20.0. The van der Waals surface area contributed by atoms with Gasteiger partial charge in [-0.05, 0) is 6.92 Å². The number of nitro groups is 2. The van der Waals surface area contributed by atoms with Crippen LogP contribution in [0.25, 0.3) is 0 Å². The lowest BCUT2D eigenvalue weighted by atomic mass is 10.1. The Morgan fingerprint density at radius 2 is 1.12 bits per heavy atom. The molecule has 1 atom stereocenters. The first kappa shape index (κ1) is 24.0. The fourth-order valence-electron chi connectivity index (χ4n) is 2.79. The van der Waals surface area contributed by atoms with Gasteiger partial charge >= 0.3 is 11.4 Å². The molecule has 1 aliphatic rings. The van der Waals surface area contributed by atoms with Gasteiger partial charge in [-0.15, -0.1) is 0 Å². The van der Waals surface area contributed by atoms with Gasteiger partial charge in [0.1, 0.15) is 6.04 Å². The molecule has 2 aromatic rings. The van der Waals surface area contributed by atoms with Crippen molar-refractivity contribution in [2.75, 3.05) is 39.1 Å². The number of rotatable bonds is 6. The fourth-order valence-corrected chi connectivity index (χ4v) is 2.79. The summed E-state index contributed by atoms with van der Waals surface area (Å²) in [6, 6.07) is 5.22. The largest absolute Gasteiger partial charge is 0.493 e. The molecular formula is C19H22N4O9. The van der Waals surface area contributed by atoms with Crippen LogP contribution < -0.4 is 29.6 Å². The Morgan fingerprint density at radius 3 is 1.50 bits per heavy atom. The van der Waals surface area contributed by atoms with Crippen LogP contribution in [-0.4, -0.2) is 50.2 Å². The predicted octanol–water partition coefficient (Wildman–Crippen LogP) is 2.98. The number of hydrogen-bond acceptors (Lipinski definition) is 10. The molecule has 0 saturated carbocycles. The third-order valence-electron chi connectivity index (χ3n) is 4.42. The van der Waals surface area contributed by atoms with Crippen molar-refractivity contribution in [3.8, 4) is 23.0 Å². The van der Waals surface area contributed by atoms with Gasteiger partial charge in [0.15, 0.2) is 23.0 Å². The van der Waals surface area contributed by atoms with Crippen LogP contribution >= 0.6 is 0 Å². The molecule has 2 aromatic carbocycles. The van der Waals surface area contributed by atoms with E-state index < -0.39 is 21.2 Å². The van der Waals surface area contributed by atoms with Gasteiger partial charge in [-0.1, -0.05) is 0 Å². The van der Waals surface area contributed by atoms with E-state index >= 15 is 0 Å². The fraction of sp³-hybridized carbons (Fsp3) is 0.316. The molecule has 0 radical (unpaired) electrons. The summed E-state index contributed by atoms with van der Waals surface area (Å²) in [5, 5.41) is 27.1. The van der Waals surface area contributed by atoms with E-state index in [1.807, 2.05) is 6.07 Å². The van der Waals surface area contributed by atoms with E-state index in [0.717, 1.165) is 17.8 Å². The number of nitrogens with one attached hydrogen (secondary N) is 2. The molecule has 13 nitrogen and oxygen atoms in total. The summed E-state index contributed by atoms with van der Waals surface area (Å²) in [5.41, 5.74) is 0.274. The van der Waals surface area contributed by atoms with E-state index in [1.165, 1.54) is 14.2 Å². The van der Waals surface area contributed by atoms with Gasteiger partial charge < -0.3 is 29.6 Å². The summed E-state index contributed by atoms with van der Waals surface area (Å²) >= 11 is 0. The van der Waals surface area contributed by atoms with Gasteiger partial charge in [0, 0.05) is 12.1 Å². The van der Waals surface area contributed by atoms with Crippen LogP contribution in [0.1, 0.15) is 6.92 Å². The normalized spacial score (nSPS) is 13.9. The van der Waals surface area contributed by atoms with Crippen molar-refractivity contribution >= 4 is 28.7 Å². The molecule has 1 amide bonds. The maximum Gasteiger partial charge on any atom is 0.350 e. The van der Waals surface area contributed by atoms with Crippen molar-refractivity contribution in [3.63, 3.8) is 0 Å². The third-order valence-corrected chi connectivity index (χ3v) is 4.42. The van der Waals surface area contributed by atoms with Gasteiger partial charge in [-0.25, -0.2) is 0 Å². The van der Waals surface area contributed by atoms with Crippen LogP contribution in [0, 0.1) is 20.2 Å². The predicted molar refractivity (Wildman–Crippen MR) is 114 cm³/mol. The quantitative estimate of drug-likeness (QED) is 0.494. The Bertz CT molecular complexity index is 1000. The number of carbonyl (C=O) groups excluding carboxylic acids is 1. The Hall–Kier alpha value is -4.29. The SMILES string of the molecule is COc1cc([N+](=O)[O-])c([N+](=O)[O-])cc1OC.COc1cc2c(cc1OC)NC(C)C(=O)N2. The summed E-state index contributed by atoms with van der Waals surface area (Å²) in [4.78, 5) is 31.0. The Kier molecular flexibility index (Phi) is 7.61. The smallest absolute Gasteiger partial charge is 0.350 e. The van der Waals surface area contributed by atoms with E-state index in [-0.39, 0.29) is 23.4 Å². The van der Waals surface area contributed by atoms with Crippen molar-refractivity contribution < 1.29 is 33.6 Å². The van der Waals surface area contributed by atoms with Gasteiger partial charge in [-0.3, -0.25) is 25.0 Å². The molecule has 1 unspecified atom stereocenters. The summed E-state index contributed by atoms with van der Waals surface area (Å²) in [7, 11) is 5.71. The zero-order valence-electron chi connectivity index (χ0n) is 18.0. The number of nitro benzene ring substituents is 2. The molecule has 32 heavy (non-hydrogen) atoms. The molecular weight excluding hydrogens is 428 g/mol. The number of carbonyl (C=O) groups is 1. The molecule has 172 valence electrons. The summed E-state index contributed by atoms with van der Waals surface area (Å²) in [6.45, 7) is 1.80. The van der Waals surface area contributed by atoms with Crippen LogP contribution in [0.5, 0.6) is 23.0 Å². The topological polar surface area (TPSA) is 164 Å². The number of benzene rings is 2. The molecule has 3 rings (SSSR count). The monoisotopic (exact) mass is 450 g/mol. The van der Waals surface area contributed by atoms with E-state index in [4.69, 9.17) is 18.9 Å². The van der Waals surface area contributed by atoms with Gasteiger partial charge in [-0.2, -0.15) is 0 Å². The zero-order chi connectivity index (χ0) is 24.0. The number of ether oxygens (including phenoxy) is 4. The standard InChI is InChI=1S/C11H14N2O3.C8H8N2O6/c1-6-11(14)13-8-5-10(16-3)9(15-2)4-7(8)12-6;1-15-7-3-5(9(11)12)6(10(13)14)4-8(7)16-2/h4-6,12H,1-3H3,(H,13,14);3-4H,1-2H3. The Balaban J connectivity index is 0.000000227. The van der Waals surface area contributed by atoms with Crippen LogP contribution in [0.15, 0.2) is 24.3 Å². The molecule has 0 saturated heterocycles. The van der Waals surface area contributed by atoms with E-state index in [1.54, 1.807) is 27.2 Å². The highest BCUT2D eigenvalue weighted by Crippen LogP contribution is 2.39. The molecule has 2 N–H and O–H groups in total. The van der Waals surface area contributed by atoms with Crippen LogP contribution in [0.4, 0.5) is 22.7 Å². The van der Waals surface area contributed by atoms with Crippen molar-refractivity contribution in [3.05, 3.63) is 44.5 Å². The Morgan fingerprint density at radius 1 is 0.750 bits per heavy atom. The number of nitrogens with zero attached hydrogens (tertiary/aromatic N) is 2. The molecule has 0 fully saturated rings. The lowest BCUT2D eigenvalue weighted by Crippen LogP contribution is -2.36. The molecule has 13 heteroatoms. The highest BCUT2D eigenvalue weighted by molar-refractivity contribution is 6.03. The van der Waals surface area contributed by atoms with Crippen molar-refractivity contribution in [2.45, 2.75) is 13.0 Å². The highest BCUT2D eigenvalue weighted by Gasteiger charge is 2.28. The van der Waals surface area contributed by atoms with Crippen LogP contribution in [0.2, 0.25) is 0 Å². The molecule has 0 aromatic heterocycles. The molecule has 1 aliphatic heterocycles. The number of anilines is 2. The number of fused-ring (bicyclic) bond motifs is 1. The molecule has 1 heterocycles. The average Bonchev–Trinajstić information content (AvgIpc) is 2.78. The first-order valence-corrected chi connectivity index (χ1v) is 9.05. The van der Waals surface area contributed by atoms with E-state index in [9.17, 15) is 25.0 Å². The zero-order valence-corrected chi connectivity index (χ0v) is 18.0. The second kappa shape index (κ2) is 10.1. The van der Waals surface area contributed by atoms with Crippen molar-refractivity contribution in [1.29, 1.82) is 0 Å². The molecule has 0 spiro atoms. The average molecular weight is 450 g/mol. The first-order chi connectivity index (χ1) is 15.2. The lowest BCUT2D eigenvalue weighted by Gasteiger charge is -2.25. The second-order valence-electron chi connectivity index (χ2n) is 6.32. The number of amides is 1. The minimum absolute atomic E-state index is 0.0558. The second-order valence-corrected chi connectivity index (χ2v) is 6.32. The summed E-state index contributed by atoms with van der Waals surface area (Å²) in [5.74, 6) is 1.31. The summed E-state index contributed by atoms with van der Waals surface area (Å²) in [6.07, 6.45) is 0. The maximum atomic E-state index is 11.5. The van der Waals surface area contributed by atoms with Gasteiger partial charge in [0.05, 0.1) is 61.8 Å². The van der Waals surface area contributed by atoms with Gasteiger partial charge in [0.2, 0.25) is 5.91 Å². The minimum Gasteiger partial charge on any atom is -0.493 e. The molecule has 0 aliphatic carbocycles. The van der Waals surface area contributed by atoms with Crippen molar-refractivity contribution in [1.82, 2.24) is 0 Å². The van der Waals surface area contributed by atoms with Gasteiger partial charge in [0.25, 0.3) is 0 Å². The third kappa shape index (κ3) is 5.06. The minimum atomic E-state index is -0.847. The lowest BCUT2D eigenvalue weighted by molar-refractivity contribution is -0.422. The van der Waals surface area contributed by atoms with E-state index in [2.05, 4.69) is 10.6 Å². The molecule has 0 bridgehead atoms.